The van der Waals surface area contributed by atoms with Gasteiger partial charge in [-0.3, -0.25) is 0 Å². The highest BCUT2D eigenvalue weighted by Gasteiger charge is 2.24. The fourth-order valence-electron chi connectivity index (χ4n) is 2.12. The van der Waals surface area contributed by atoms with Gasteiger partial charge >= 0.3 is 0 Å². The molecule has 5 nitrogen and oxygen atoms in total. The van der Waals surface area contributed by atoms with E-state index in [1.807, 2.05) is 4.68 Å². The van der Waals surface area contributed by atoms with Crippen LogP contribution >= 0.6 is 0 Å². The van der Waals surface area contributed by atoms with Crippen molar-refractivity contribution in [2.75, 3.05) is 13.2 Å². The molecule has 0 aliphatic carbocycles. The fraction of sp³-hybridized carbons (Fsp3) is 0.818. The smallest absolute Gasteiger partial charge is 0.138 e. The molecule has 2 atom stereocenters. The first kappa shape index (κ1) is 11.5. The molecular formula is C11H20N4O. The zero-order chi connectivity index (χ0) is 11.5. The normalized spacial score (nSPS) is 22.9. The van der Waals surface area contributed by atoms with Crippen molar-refractivity contribution in [3.63, 3.8) is 0 Å². The summed E-state index contributed by atoms with van der Waals surface area (Å²) in [5.41, 5.74) is 6.18. The van der Waals surface area contributed by atoms with Gasteiger partial charge in [0.25, 0.3) is 0 Å². The molecule has 0 aromatic carbocycles. The Morgan fingerprint density at radius 1 is 1.62 bits per heavy atom. The van der Waals surface area contributed by atoms with Gasteiger partial charge in [-0.2, -0.15) is 5.10 Å². The maximum atomic E-state index is 6.18. The van der Waals surface area contributed by atoms with E-state index in [0.717, 1.165) is 31.9 Å². The molecule has 1 fully saturated rings. The van der Waals surface area contributed by atoms with Gasteiger partial charge in [0.2, 0.25) is 0 Å². The number of nitrogens with two attached hydrogens (primary N) is 1. The summed E-state index contributed by atoms with van der Waals surface area (Å²) in [6, 6.07) is 0.466. The number of ether oxygens (including phenoxy) is 1. The van der Waals surface area contributed by atoms with E-state index in [4.69, 9.17) is 10.5 Å². The maximum absolute atomic E-state index is 6.18. The topological polar surface area (TPSA) is 66.0 Å². The van der Waals surface area contributed by atoms with Gasteiger partial charge in [-0.15, -0.1) is 0 Å². The zero-order valence-electron chi connectivity index (χ0n) is 9.97. The molecular weight excluding hydrogens is 204 g/mol. The van der Waals surface area contributed by atoms with Crippen LogP contribution in [0.5, 0.6) is 0 Å². The fourth-order valence-corrected chi connectivity index (χ4v) is 2.12. The molecule has 2 heterocycles. The highest BCUT2D eigenvalue weighted by atomic mass is 16.5. The van der Waals surface area contributed by atoms with Gasteiger partial charge in [-0.05, 0) is 26.2 Å². The molecule has 0 saturated carbocycles. The van der Waals surface area contributed by atoms with E-state index >= 15 is 0 Å². The lowest BCUT2D eigenvalue weighted by atomic mass is 9.97. The quantitative estimate of drug-likeness (QED) is 0.820. The number of aromatic nitrogens is 3. The summed E-state index contributed by atoms with van der Waals surface area (Å²) in [7, 11) is 0. The van der Waals surface area contributed by atoms with Crippen molar-refractivity contribution >= 4 is 0 Å². The molecule has 0 radical (unpaired) electrons. The third-order valence-corrected chi connectivity index (χ3v) is 3.13. The first-order chi connectivity index (χ1) is 7.68. The number of hydrogen-bond donors (Lipinski definition) is 1. The second-order valence-corrected chi connectivity index (χ2v) is 4.71. The van der Waals surface area contributed by atoms with Crippen molar-refractivity contribution in [3.8, 4) is 0 Å². The lowest BCUT2D eigenvalue weighted by molar-refractivity contribution is 0.180. The second-order valence-electron chi connectivity index (χ2n) is 4.71. The highest BCUT2D eigenvalue weighted by Crippen LogP contribution is 2.18. The standard InChI is InChI=1S/C11H20N4O/c1-8(2)15-11(13-7-14-15)5-10(12)9-3-4-16-6-9/h7-10H,3-6,12H2,1-2H3. The predicted molar refractivity (Wildman–Crippen MR) is 61.0 cm³/mol. The van der Waals surface area contributed by atoms with Crippen molar-refractivity contribution in [1.29, 1.82) is 0 Å². The molecule has 1 saturated heterocycles. The third-order valence-electron chi connectivity index (χ3n) is 3.13. The number of rotatable bonds is 4. The lowest BCUT2D eigenvalue weighted by Crippen LogP contribution is -2.33. The number of hydrogen-bond acceptors (Lipinski definition) is 4. The average molecular weight is 224 g/mol. The van der Waals surface area contributed by atoms with Crippen molar-refractivity contribution in [1.82, 2.24) is 14.8 Å². The molecule has 1 aliphatic heterocycles. The Bertz CT molecular complexity index is 330. The molecule has 0 amide bonds. The van der Waals surface area contributed by atoms with E-state index in [9.17, 15) is 0 Å². The number of nitrogens with zero attached hydrogens (tertiary/aromatic N) is 3. The van der Waals surface area contributed by atoms with Crippen LogP contribution in [-0.4, -0.2) is 34.0 Å². The summed E-state index contributed by atoms with van der Waals surface area (Å²) in [6.07, 6.45) is 3.45. The molecule has 2 unspecified atom stereocenters. The summed E-state index contributed by atoms with van der Waals surface area (Å²) in [5.74, 6) is 1.45. The van der Waals surface area contributed by atoms with Crippen LogP contribution < -0.4 is 5.73 Å². The minimum Gasteiger partial charge on any atom is -0.381 e. The molecule has 0 spiro atoms. The summed E-state index contributed by atoms with van der Waals surface area (Å²) >= 11 is 0. The maximum Gasteiger partial charge on any atom is 0.138 e. The van der Waals surface area contributed by atoms with E-state index < -0.39 is 0 Å². The van der Waals surface area contributed by atoms with Crippen LogP contribution in [0.15, 0.2) is 6.33 Å². The Labute approximate surface area is 96.0 Å². The van der Waals surface area contributed by atoms with Crippen LogP contribution in [-0.2, 0) is 11.2 Å². The third kappa shape index (κ3) is 2.41. The molecule has 1 aromatic heterocycles. The van der Waals surface area contributed by atoms with Crippen molar-refractivity contribution in [3.05, 3.63) is 12.2 Å². The van der Waals surface area contributed by atoms with Gasteiger partial charge in [-0.1, -0.05) is 0 Å². The van der Waals surface area contributed by atoms with E-state index in [-0.39, 0.29) is 6.04 Å². The molecule has 0 bridgehead atoms. The van der Waals surface area contributed by atoms with Gasteiger partial charge in [0.05, 0.1) is 6.61 Å². The SMILES string of the molecule is CC(C)n1ncnc1CC(N)C1CCOC1. The van der Waals surface area contributed by atoms with Gasteiger partial charge in [-0.25, -0.2) is 9.67 Å². The van der Waals surface area contributed by atoms with Gasteiger partial charge in [0, 0.05) is 25.1 Å². The first-order valence-electron chi connectivity index (χ1n) is 5.90. The van der Waals surface area contributed by atoms with E-state index in [1.54, 1.807) is 6.33 Å². The molecule has 5 heteroatoms. The Balaban J connectivity index is 1.99. The molecule has 16 heavy (non-hydrogen) atoms. The predicted octanol–water partition coefficient (Wildman–Crippen LogP) is 0.765. The second kappa shape index (κ2) is 4.93. The minimum absolute atomic E-state index is 0.129. The van der Waals surface area contributed by atoms with Gasteiger partial charge in [0.15, 0.2) is 0 Å². The Hall–Kier alpha value is -0.940. The van der Waals surface area contributed by atoms with E-state index in [0.29, 0.717) is 12.0 Å². The van der Waals surface area contributed by atoms with Gasteiger partial charge < -0.3 is 10.5 Å². The highest BCUT2D eigenvalue weighted by molar-refractivity contribution is 4.93. The summed E-state index contributed by atoms with van der Waals surface area (Å²) < 4.78 is 7.29. The summed E-state index contributed by atoms with van der Waals surface area (Å²) in [6.45, 7) is 5.83. The lowest BCUT2D eigenvalue weighted by Gasteiger charge is -2.18. The average Bonchev–Trinajstić information content (AvgIpc) is 2.86. The summed E-state index contributed by atoms with van der Waals surface area (Å²) in [5, 5.41) is 4.21. The van der Waals surface area contributed by atoms with Crippen molar-refractivity contribution in [2.24, 2.45) is 11.7 Å². The van der Waals surface area contributed by atoms with Crippen LogP contribution in [0.1, 0.15) is 32.1 Å². The monoisotopic (exact) mass is 224 g/mol. The van der Waals surface area contributed by atoms with E-state index in [2.05, 4.69) is 23.9 Å². The van der Waals surface area contributed by atoms with Crippen molar-refractivity contribution in [2.45, 2.75) is 38.8 Å². The Morgan fingerprint density at radius 2 is 2.44 bits per heavy atom. The van der Waals surface area contributed by atoms with E-state index in [1.165, 1.54) is 0 Å². The van der Waals surface area contributed by atoms with Gasteiger partial charge in [0.1, 0.15) is 12.2 Å². The molecule has 90 valence electrons. The largest absolute Gasteiger partial charge is 0.381 e. The zero-order valence-corrected chi connectivity index (χ0v) is 9.97. The van der Waals surface area contributed by atoms with Crippen LogP contribution in [0.3, 0.4) is 0 Å². The van der Waals surface area contributed by atoms with Crippen LogP contribution in [0.4, 0.5) is 0 Å². The van der Waals surface area contributed by atoms with Crippen LogP contribution in [0.2, 0.25) is 0 Å². The minimum atomic E-state index is 0.129. The van der Waals surface area contributed by atoms with Crippen LogP contribution in [0, 0.1) is 5.92 Å². The van der Waals surface area contributed by atoms with Crippen LogP contribution in [0.25, 0.3) is 0 Å². The molecule has 2 N–H and O–H groups in total. The van der Waals surface area contributed by atoms with Crippen molar-refractivity contribution < 1.29 is 4.74 Å². The molecule has 1 aliphatic rings. The molecule has 2 rings (SSSR count). The first-order valence-corrected chi connectivity index (χ1v) is 5.90. The Kier molecular flexibility index (Phi) is 3.56. The summed E-state index contributed by atoms with van der Waals surface area (Å²) in [4.78, 5) is 4.28. The Morgan fingerprint density at radius 3 is 3.06 bits per heavy atom. The molecule has 1 aromatic rings.